The molecule has 8 heteroatoms. The van der Waals surface area contributed by atoms with Gasteiger partial charge in [-0.15, -0.1) is 0 Å². The minimum atomic E-state index is -1.81. The van der Waals surface area contributed by atoms with E-state index in [4.69, 9.17) is 0 Å². The van der Waals surface area contributed by atoms with E-state index < -0.39 is 41.6 Å². The number of hydrogen-bond donors (Lipinski definition) is 2. The number of carbonyl (C=O) groups is 3. The maximum Gasteiger partial charge on any atom is 0.325 e. The highest BCUT2D eigenvalue weighted by Gasteiger charge is 2.51. The number of nitrogens with zero attached hydrogens (tertiary/aromatic N) is 1. The van der Waals surface area contributed by atoms with Crippen molar-refractivity contribution in [1.82, 2.24) is 15.5 Å². The second-order valence-electron chi connectivity index (χ2n) is 7.77. The van der Waals surface area contributed by atoms with Crippen LogP contribution in [0.5, 0.6) is 0 Å². The summed E-state index contributed by atoms with van der Waals surface area (Å²) in [6.45, 7) is 4.63. The summed E-state index contributed by atoms with van der Waals surface area (Å²) in [7, 11) is 0. The average Bonchev–Trinajstić information content (AvgIpc) is 2.92. The molecule has 0 saturated carbocycles. The molecule has 0 aliphatic carbocycles. The Balaban J connectivity index is 1.78. The van der Waals surface area contributed by atoms with Crippen LogP contribution >= 0.6 is 0 Å². The van der Waals surface area contributed by atoms with E-state index >= 15 is 0 Å². The van der Waals surface area contributed by atoms with Crippen LogP contribution < -0.4 is 10.6 Å². The highest BCUT2D eigenvalue weighted by molar-refractivity contribution is 6.09. The molecule has 2 aromatic carbocycles. The van der Waals surface area contributed by atoms with E-state index in [2.05, 4.69) is 10.6 Å². The zero-order chi connectivity index (χ0) is 22.1. The van der Waals surface area contributed by atoms with Crippen molar-refractivity contribution < 1.29 is 23.2 Å². The molecule has 0 bridgehead atoms. The van der Waals surface area contributed by atoms with Crippen molar-refractivity contribution in [1.29, 1.82) is 0 Å². The van der Waals surface area contributed by atoms with E-state index in [0.29, 0.717) is 4.90 Å². The summed E-state index contributed by atoms with van der Waals surface area (Å²) in [5.74, 6) is -2.87. The van der Waals surface area contributed by atoms with Gasteiger partial charge in [-0.2, -0.15) is 0 Å². The van der Waals surface area contributed by atoms with Crippen LogP contribution in [0.2, 0.25) is 0 Å². The van der Waals surface area contributed by atoms with Crippen LogP contribution in [0.4, 0.5) is 13.6 Å². The van der Waals surface area contributed by atoms with Crippen molar-refractivity contribution in [2.24, 2.45) is 5.92 Å². The molecule has 158 valence electrons. The predicted octanol–water partition coefficient (Wildman–Crippen LogP) is 3.25. The number of benzene rings is 2. The molecule has 4 amide bonds. The zero-order valence-electron chi connectivity index (χ0n) is 16.9. The van der Waals surface area contributed by atoms with E-state index in [1.54, 1.807) is 0 Å². The van der Waals surface area contributed by atoms with Crippen molar-refractivity contribution in [3.05, 3.63) is 71.3 Å². The zero-order valence-corrected chi connectivity index (χ0v) is 16.9. The maximum absolute atomic E-state index is 14.2. The minimum absolute atomic E-state index is 0.0612. The van der Waals surface area contributed by atoms with Gasteiger partial charge in [0.15, 0.2) is 0 Å². The van der Waals surface area contributed by atoms with Gasteiger partial charge in [-0.1, -0.05) is 44.2 Å². The van der Waals surface area contributed by atoms with Gasteiger partial charge in [-0.05, 0) is 36.6 Å². The molecular weight excluding hydrogens is 392 g/mol. The Morgan fingerprint density at radius 2 is 1.80 bits per heavy atom. The molecule has 2 N–H and O–H groups in total. The molecule has 2 aromatic rings. The van der Waals surface area contributed by atoms with Gasteiger partial charge < -0.3 is 10.6 Å². The van der Waals surface area contributed by atoms with Gasteiger partial charge in [0, 0.05) is 5.56 Å². The van der Waals surface area contributed by atoms with Crippen LogP contribution in [0.3, 0.4) is 0 Å². The number of carbonyl (C=O) groups excluding carboxylic acids is 3. The van der Waals surface area contributed by atoms with Crippen LogP contribution in [-0.2, 0) is 15.1 Å². The van der Waals surface area contributed by atoms with Crippen molar-refractivity contribution in [3.63, 3.8) is 0 Å². The summed E-state index contributed by atoms with van der Waals surface area (Å²) < 4.78 is 27.9. The number of nitrogens with one attached hydrogen (secondary N) is 2. The van der Waals surface area contributed by atoms with E-state index in [1.165, 1.54) is 6.92 Å². The van der Waals surface area contributed by atoms with E-state index in [0.717, 1.165) is 23.8 Å². The average molecular weight is 415 g/mol. The highest BCUT2D eigenvalue weighted by atomic mass is 19.1. The molecule has 2 unspecified atom stereocenters. The largest absolute Gasteiger partial charge is 0.347 e. The fraction of sp³-hybridized carbons (Fsp3) is 0.318. The van der Waals surface area contributed by atoms with Crippen LogP contribution in [0.1, 0.15) is 37.9 Å². The van der Waals surface area contributed by atoms with E-state index in [-0.39, 0.29) is 17.5 Å². The SMILES string of the molecule is CC(C)C(NC(=O)CN1C(=O)NC(C)(c2cc(F)ccc2F)C1=O)c1ccccc1. The molecule has 0 radical (unpaired) electrons. The lowest BCUT2D eigenvalue weighted by atomic mass is 9.91. The smallest absolute Gasteiger partial charge is 0.325 e. The van der Waals surface area contributed by atoms with Crippen LogP contribution in [0.25, 0.3) is 0 Å². The summed E-state index contributed by atoms with van der Waals surface area (Å²) in [6.07, 6.45) is 0. The Morgan fingerprint density at radius 1 is 1.13 bits per heavy atom. The lowest BCUT2D eigenvalue weighted by Gasteiger charge is -2.25. The highest BCUT2D eigenvalue weighted by Crippen LogP contribution is 2.31. The second kappa shape index (κ2) is 8.22. The second-order valence-corrected chi connectivity index (χ2v) is 7.77. The lowest BCUT2D eigenvalue weighted by Crippen LogP contribution is -2.44. The van der Waals surface area contributed by atoms with Gasteiger partial charge in [0.05, 0.1) is 6.04 Å². The van der Waals surface area contributed by atoms with Gasteiger partial charge >= 0.3 is 6.03 Å². The third kappa shape index (κ3) is 4.03. The quantitative estimate of drug-likeness (QED) is 0.711. The topological polar surface area (TPSA) is 78.5 Å². The molecule has 1 fully saturated rings. The Kier molecular flexibility index (Phi) is 5.87. The van der Waals surface area contributed by atoms with Crippen LogP contribution in [0, 0.1) is 17.6 Å². The van der Waals surface area contributed by atoms with Crippen molar-refractivity contribution in [3.8, 4) is 0 Å². The predicted molar refractivity (Wildman–Crippen MR) is 106 cm³/mol. The number of halogens is 2. The molecule has 0 aromatic heterocycles. The first-order chi connectivity index (χ1) is 14.1. The fourth-order valence-electron chi connectivity index (χ4n) is 3.56. The molecule has 1 saturated heterocycles. The third-order valence-corrected chi connectivity index (χ3v) is 5.19. The molecule has 0 spiro atoms. The molecule has 2 atom stereocenters. The lowest BCUT2D eigenvalue weighted by molar-refractivity contribution is -0.135. The third-order valence-electron chi connectivity index (χ3n) is 5.19. The normalized spacial score (nSPS) is 19.7. The first-order valence-electron chi connectivity index (χ1n) is 9.57. The first kappa shape index (κ1) is 21.4. The molecule has 1 aliphatic heterocycles. The van der Waals surface area contributed by atoms with E-state index in [9.17, 15) is 23.2 Å². The van der Waals surface area contributed by atoms with Gasteiger partial charge in [-0.3, -0.25) is 14.5 Å². The van der Waals surface area contributed by atoms with Gasteiger partial charge in [0.2, 0.25) is 5.91 Å². The summed E-state index contributed by atoms with van der Waals surface area (Å²) in [4.78, 5) is 38.6. The van der Waals surface area contributed by atoms with E-state index in [1.807, 2.05) is 44.2 Å². The Morgan fingerprint density at radius 3 is 2.43 bits per heavy atom. The summed E-state index contributed by atoms with van der Waals surface area (Å²) in [6, 6.07) is 10.8. The van der Waals surface area contributed by atoms with Crippen molar-refractivity contribution >= 4 is 17.8 Å². The maximum atomic E-state index is 14.2. The summed E-state index contributed by atoms with van der Waals surface area (Å²) in [5.41, 5.74) is -1.21. The number of amides is 4. The number of imide groups is 1. The Bertz CT molecular complexity index is 981. The monoisotopic (exact) mass is 415 g/mol. The molecule has 3 rings (SSSR count). The number of urea groups is 1. The van der Waals surface area contributed by atoms with Gasteiger partial charge in [-0.25, -0.2) is 13.6 Å². The summed E-state index contributed by atoms with van der Waals surface area (Å²) in [5, 5.41) is 5.22. The Hall–Kier alpha value is -3.29. The molecule has 1 heterocycles. The Labute approximate surface area is 173 Å². The van der Waals surface area contributed by atoms with Crippen LogP contribution in [-0.4, -0.2) is 29.3 Å². The minimum Gasteiger partial charge on any atom is -0.347 e. The molecule has 1 aliphatic rings. The van der Waals surface area contributed by atoms with Crippen molar-refractivity contribution in [2.75, 3.05) is 6.54 Å². The number of hydrogen-bond acceptors (Lipinski definition) is 3. The molecule has 6 nitrogen and oxygen atoms in total. The van der Waals surface area contributed by atoms with Gasteiger partial charge in [0.1, 0.15) is 23.7 Å². The first-order valence-corrected chi connectivity index (χ1v) is 9.57. The fourth-order valence-corrected chi connectivity index (χ4v) is 3.56. The summed E-state index contributed by atoms with van der Waals surface area (Å²) >= 11 is 0. The van der Waals surface area contributed by atoms with Gasteiger partial charge in [0.25, 0.3) is 5.91 Å². The van der Waals surface area contributed by atoms with Crippen molar-refractivity contribution in [2.45, 2.75) is 32.4 Å². The molecular formula is C22H23F2N3O3. The number of rotatable bonds is 6. The van der Waals surface area contributed by atoms with Crippen LogP contribution in [0.15, 0.2) is 48.5 Å². The molecule has 30 heavy (non-hydrogen) atoms. The standard InChI is InChI=1S/C22H23F2N3O3/c1-13(2)19(14-7-5-4-6-8-14)25-18(28)12-27-20(29)22(3,26-21(27)30)16-11-15(23)9-10-17(16)24/h4-11,13,19H,12H2,1-3H3,(H,25,28)(H,26,30).